The third kappa shape index (κ3) is 4.08. The molecule has 1 unspecified atom stereocenters. The number of rotatable bonds is 4. The lowest BCUT2D eigenvalue weighted by atomic mass is 9.69. The SMILES string of the molecule is CC(C)CSc1nc2c(c(=O)[nH]1)C(c1cccc(Cl)c1)C1=C(CC(C)(C)CC1=O)N2. The standard InChI is InChI=1S/C23H26ClN3O2S/c1-12(2)11-30-22-26-20-19(21(29)27-22)17(13-6-5-7-14(24)8-13)18-15(25-20)9-23(3,4)10-16(18)28/h5-8,12,17H,9-11H2,1-4H3,(H2,25,26,27,29). The quantitative estimate of drug-likeness (QED) is 0.490. The minimum atomic E-state index is -0.473. The molecule has 1 aromatic heterocycles. The number of nitrogens with zero attached hydrogens (tertiary/aromatic N) is 1. The molecule has 4 rings (SSSR count). The summed E-state index contributed by atoms with van der Waals surface area (Å²) in [6.45, 7) is 8.44. The van der Waals surface area contributed by atoms with Crippen LogP contribution in [-0.4, -0.2) is 21.5 Å². The fourth-order valence-corrected chi connectivity index (χ4v) is 5.24. The number of Topliss-reactive ketones (excluding diaryl/α,β-unsaturated/α-hetero) is 1. The number of ketones is 1. The predicted molar refractivity (Wildman–Crippen MR) is 122 cm³/mol. The number of hydrogen-bond acceptors (Lipinski definition) is 5. The van der Waals surface area contributed by atoms with Crippen molar-refractivity contribution in [3.8, 4) is 0 Å². The highest BCUT2D eigenvalue weighted by atomic mass is 35.5. The lowest BCUT2D eigenvalue weighted by Crippen LogP contribution is -2.37. The molecule has 7 heteroatoms. The fourth-order valence-electron chi connectivity index (χ4n) is 4.23. The van der Waals surface area contributed by atoms with Crippen LogP contribution in [0.15, 0.2) is 45.5 Å². The Morgan fingerprint density at radius 3 is 2.73 bits per heavy atom. The molecule has 0 saturated heterocycles. The molecule has 0 amide bonds. The summed E-state index contributed by atoms with van der Waals surface area (Å²) in [5, 5.41) is 4.52. The molecule has 2 heterocycles. The second kappa shape index (κ2) is 7.89. The number of nitrogens with one attached hydrogen (secondary N) is 2. The van der Waals surface area contributed by atoms with Crippen molar-refractivity contribution in [3.05, 3.63) is 62.0 Å². The Bertz CT molecular complexity index is 1100. The largest absolute Gasteiger partial charge is 0.343 e. The number of benzene rings is 1. The van der Waals surface area contributed by atoms with Gasteiger partial charge in [-0.1, -0.05) is 63.2 Å². The first kappa shape index (κ1) is 21.2. The van der Waals surface area contributed by atoms with Crippen molar-refractivity contribution in [3.63, 3.8) is 0 Å². The van der Waals surface area contributed by atoms with Gasteiger partial charge in [-0.2, -0.15) is 0 Å². The van der Waals surface area contributed by atoms with Crippen molar-refractivity contribution >= 4 is 35.0 Å². The van der Waals surface area contributed by atoms with E-state index in [2.05, 4.69) is 38.0 Å². The van der Waals surface area contributed by atoms with E-state index in [-0.39, 0.29) is 16.8 Å². The number of thioether (sulfide) groups is 1. The molecule has 1 aliphatic heterocycles. The van der Waals surface area contributed by atoms with Gasteiger partial charge in [-0.25, -0.2) is 4.98 Å². The average Bonchev–Trinajstić information content (AvgIpc) is 2.63. The van der Waals surface area contributed by atoms with Gasteiger partial charge in [-0.3, -0.25) is 9.59 Å². The summed E-state index contributed by atoms with van der Waals surface area (Å²) in [5.41, 5.74) is 2.49. The lowest BCUT2D eigenvalue weighted by molar-refractivity contribution is -0.118. The summed E-state index contributed by atoms with van der Waals surface area (Å²) < 4.78 is 0. The summed E-state index contributed by atoms with van der Waals surface area (Å²) >= 11 is 7.80. The Balaban J connectivity index is 1.89. The van der Waals surface area contributed by atoms with Crippen molar-refractivity contribution < 1.29 is 4.79 Å². The first-order valence-corrected chi connectivity index (χ1v) is 11.6. The van der Waals surface area contributed by atoms with Gasteiger partial charge >= 0.3 is 0 Å². The van der Waals surface area contributed by atoms with Crippen LogP contribution < -0.4 is 10.9 Å². The molecular weight excluding hydrogens is 418 g/mol. The molecule has 30 heavy (non-hydrogen) atoms. The van der Waals surface area contributed by atoms with Crippen molar-refractivity contribution in [2.75, 3.05) is 11.1 Å². The maximum atomic E-state index is 13.2. The molecular formula is C23H26ClN3O2S. The minimum Gasteiger partial charge on any atom is -0.343 e. The zero-order chi connectivity index (χ0) is 21.6. The number of carbonyl (C=O) groups excluding carboxylic acids is 1. The van der Waals surface area contributed by atoms with Crippen LogP contribution in [-0.2, 0) is 4.79 Å². The number of hydrogen-bond donors (Lipinski definition) is 2. The third-order valence-corrected chi connectivity index (χ3v) is 6.97. The highest BCUT2D eigenvalue weighted by Crippen LogP contribution is 2.47. The summed E-state index contributed by atoms with van der Waals surface area (Å²) in [4.78, 5) is 34.0. The second-order valence-electron chi connectivity index (χ2n) is 9.28. The lowest BCUT2D eigenvalue weighted by Gasteiger charge is -2.38. The van der Waals surface area contributed by atoms with Gasteiger partial charge in [0.25, 0.3) is 5.56 Å². The zero-order valence-corrected chi connectivity index (χ0v) is 19.2. The minimum absolute atomic E-state index is 0.0713. The first-order valence-electron chi connectivity index (χ1n) is 10.2. The third-order valence-electron chi connectivity index (χ3n) is 5.44. The van der Waals surface area contributed by atoms with E-state index in [9.17, 15) is 9.59 Å². The van der Waals surface area contributed by atoms with E-state index in [0.29, 0.717) is 39.5 Å². The molecule has 2 N–H and O–H groups in total. The molecule has 2 aliphatic rings. The number of aromatic nitrogens is 2. The van der Waals surface area contributed by atoms with Gasteiger partial charge in [0.1, 0.15) is 5.82 Å². The summed E-state index contributed by atoms with van der Waals surface area (Å²) in [5.74, 6) is 1.48. The van der Waals surface area contributed by atoms with Gasteiger partial charge < -0.3 is 10.3 Å². The summed E-state index contributed by atoms with van der Waals surface area (Å²) in [6.07, 6.45) is 1.18. The molecule has 0 saturated carbocycles. The molecule has 158 valence electrons. The van der Waals surface area contributed by atoms with Gasteiger partial charge in [-0.05, 0) is 35.4 Å². The van der Waals surface area contributed by atoms with Crippen LogP contribution in [0.3, 0.4) is 0 Å². The number of allylic oxidation sites excluding steroid dienone is 2. The second-order valence-corrected chi connectivity index (χ2v) is 10.7. The van der Waals surface area contributed by atoms with Gasteiger partial charge in [0, 0.05) is 34.4 Å². The monoisotopic (exact) mass is 443 g/mol. The Hall–Kier alpha value is -2.05. The van der Waals surface area contributed by atoms with E-state index in [1.54, 1.807) is 6.07 Å². The number of carbonyl (C=O) groups is 1. The van der Waals surface area contributed by atoms with Gasteiger partial charge in [0.05, 0.1) is 5.56 Å². The van der Waals surface area contributed by atoms with Crippen LogP contribution in [0, 0.1) is 11.3 Å². The molecule has 0 spiro atoms. The van der Waals surface area contributed by atoms with E-state index in [0.717, 1.165) is 23.4 Å². The molecule has 1 atom stereocenters. The number of halogens is 1. The molecule has 0 bridgehead atoms. The van der Waals surface area contributed by atoms with Crippen LogP contribution in [0.5, 0.6) is 0 Å². The molecule has 5 nitrogen and oxygen atoms in total. The number of H-pyrrole nitrogens is 1. The maximum absolute atomic E-state index is 13.2. The highest BCUT2D eigenvalue weighted by molar-refractivity contribution is 7.99. The van der Waals surface area contributed by atoms with Crippen LogP contribution in [0.1, 0.15) is 57.6 Å². The van der Waals surface area contributed by atoms with E-state index in [1.807, 2.05) is 18.2 Å². The van der Waals surface area contributed by atoms with E-state index in [4.69, 9.17) is 16.6 Å². The van der Waals surface area contributed by atoms with Gasteiger partial charge in [0.2, 0.25) is 0 Å². The average molecular weight is 444 g/mol. The number of aromatic amines is 1. The smallest absolute Gasteiger partial charge is 0.257 e. The first-order chi connectivity index (χ1) is 14.1. The van der Waals surface area contributed by atoms with Gasteiger partial charge in [-0.15, -0.1) is 0 Å². The Kier molecular flexibility index (Phi) is 5.58. The number of fused-ring (bicyclic) bond motifs is 1. The fraction of sp³-hybridized carbons (Fsp3) is 0.435. The maximum Gasteiger partial charge on any atom is 0.257 e. The molecule has 1 aliphatic carbocycles. The van der Waals surface area contributed by atoms with Crippen LogP contribution in [0.2, 0.25) is 5.02 Å². The molecule has 1 aromatic carbocycles. The normalized spacial score (nSPS) is 20.1. The van der Waals surface area contributed by atoms with Crippen LogP contribution in [0.4, 0.5) is 5.82 Å². The Morgan fingerprint density at radius 2 is 2.03 bits per heavy atom. The van der Waals surface area contributed by atoms with Crippen molar-refractivity contribution in [2.24, 2.45) is 11.3 Å². The Labute approximate surface area is 185 Å². The van der Waals surface area contributed by atoms with Crippen molar-refractivity contribution in [1.29, 1.82) is 0 Å². The van der Waals surface area contributed by atoms with Gasteiger partial charge in [0.15, 0.2) is 10.9 Å². The van der Waals surface area contributed by atoms with E-state index in [1.165, 1.54) is 11.8 Å². The van der Waals surface area contributed by atoms with E-state index >= 15 is 0 Å². The van der Waals surface area contributed by atoms with E-state index < -0.39 is 5.92 Å². The Morgan fingerprint density at radius 1 is 1.27 bits per heavy atom. The summed E-state index contributed by atoms with van der Waals surface area (Å²) in [6, 6.07) is 7.40. The summed E-state index contributed by atoms with van der Waals surface area (Å²) in [7, 11) is 0. The van der Waals surface area contributed by atoms with Crippen LogP contribution >= 0.6 is 23.4 Å². The topological polar surface area (TPSA) is 74.8 Å². The van der Waals surface area contributed by atoms with Crippen molar-refractivity contribution in [2.45, 2.75) is 51.6 Å². The zero-order valence-electron chi connectivity index (χ0n) is 17.6. The van der Waals surface area contributed by atoms with Crippen LogP contribution in [0.25, 0.3) is 0 Å². The number of anilines is 1. The molecule has 0 fully saturated rings. The predicted octanol–water partition coefficient (Wildman–Crippen LogP) is 5.37. The highest BCUT2D eigenvalue weighted by Gasteiger charge is 2.42. The molecule has 0 radical (unpaired) electrons. The van der Waals surface area contributed by atoms with Crippen molar-refractivity contribution in [1.82, 2.24) is 9.97 Å². The molecule has 2 aromatic rings.